The Morgan fingerprint density at radius 2 is 1.67 bits per heavy atom. The van der Waals surface area contributed by atoms with Gasteiger partial charge in [-0.25, -0.2) is 0 Å². The zero-order valence-corrected chi connectivity index (χ0v) is 18.3. The lowest BCUT2D eigenvalue weighted by Crippen LogP contribution is -2.52. The number of hydrogen-bond donors (Lipinski definition) is 1. The average Bonchev–Trinajstić information content (AvgIpc) is 3.26. The smallest absolute Gasteiger partial charge is 0.243 e. The van der Waals surface area contributed by atoms with E-state index in [-0.39, 0.29) is 17.9 Å². The molecule has 2 aromatic rings. The van der Waals surface area contributed by atoms with Gasteiger partial charge < -0.3 is 10.2 Å². The van der Waals surface area contributed by atoms with Crippen LogP contribution in [0.1, 0.15) is 62.1 Å². The molecule has 1 unspecified atom stereocenters. The fourth-order valence-electron chi connectivity index (χ4n) is 4.17. The monoisotopic (exact) mass is 406 g/mol. The van der Waals surface area contributed by atoms with Crippen LogP contribution in [0.2, 0.25) is 0 Å². The molecule has 0 spiro atoms. The van der Waals surface area contributed by atoms with Gasteiger partial charge in [0.25, 0.3) is 0 Å². The van der Waals surface area contributed by atoms with E-state index in [0.29, 0.717) is 19.4 Å². The molecule has 1 saturated carbocycles. The van der Waals surface area contributed by atoms with Crippen LogP contribution in [0.3, 0.4) is 0 Å². The molecule has 30 heavy (non-hydrogen) atoms. The maximum atomic E-state index is 13.4. The van der Waals surface area contributed by atoms with Crippen molar-refractivity contribution in [1.29, 1.82) is 0 Å². The minimum absolute atomic E-state index is 0.0256. The summed E-state index contributed by atoms with van der Waals surface area (Å²) < 4.78 is 0. The molecule has 0 bridgehead atoms. The molecule has 1 atom stereocenters. The molecule has 2 aromatic carbocycles. The lowest BCUT2D eigenvalue weighted by atomic mass is 10.0. The summed E-state index contributed by atoms with van der Waals surface area (Å²) in [5, 5.41) is 3.24. The second kappa shape index (κ2) is 11.0. The van der Waals surface area contributed by atoms with Crippen molar-refractivity contribution in [2.45, 2.75) is 77.4 Å². The summed E-state index contributed by atoms with van der Waals surface area (Å²) >= 11 is 0. The van der Waals surface area contributed by atoms with Crippen LogP contribution in [0.5, 0.6) is 0 Å². The lowest BCUT2D eigenvalue weighted by Gasteiger charge is -2.32. The molecule has 0 aliphatic heterocycles. The van der Waals surface area contributed by atoms with Crippen molar-refractivity contribution in [1.82, 2.24) is 10.2 Å². The number of nitrogens with zero attached hydrogens (tertiary/aromatic N) is 1. The first kappa shape index (κ1) is 22.1. The van der Waals surface area contributed by atoms with E-state index in [2.05, 4.69) is 36.5 Å². The first-order valence-corrected chi connectivity index (χ1v) is 11.3. The Balaban J connectivity index is 1.87. The van der Waals surface area contributed by atoms with E-state index in [1.54, 1.807) is 4.90 Å². The molecule has 4 heteroatoms. The summed E-state index contributed by atoms with van der Waals surface area (Å²) in [5.74, 6) is 0.0166. The molecule has 0 heterocycles. The highest BCUT2D eigenvalue weighted by Gasteiger charge is 2.31. The first-order valence-electron chi connectivity index (χ1n) is 11.3. The van der Waals surface area contributed by atoms with Crippen LogP contribution in [0.4, 0.5) is 0 Å². The van der Waals surface area contributed by atoms with E-state index in [1.165, 1.54) is 5.56 Å². The Labute approximate surface area is 180 Å². The van der Waals surface area contributed by atoms with E-state index < -0.39 is 6.04 Å². The van der Waals surface area contributed by atoms with Crippen LogP contribution in [-0.2, 0) is 22.6 Å². The van der Waals surface area contributed by atoms with Gasteiger partial charge in [0.1, 0.15) is 6.04 Å². The van der Waals surface area contributed by atoms with E-state index in [4.69, 9.17) is 0 Å². The van der Waals surface area contributed by atoms with Crippen molar-refractivity contribution in [2.75, 3.05) is 0 Å². The van der Waals surface area contributed by atoms with Crippen LogP contribution in [0.15, 0.2) is 54.6 Å². The van der Waals surface area contributed by atoms with E-state index in [0.717, 1.165) is 43.2 Å². The van der Waals surface area contributed by atoms with Crippen LogP contribution < -0.4 is 5.32 Å². The quantitative estimate of drug-likeness (QED) is 0.651. The van der Waals surface area contributed by atoms with E-state index >= 15 is 0 Å². The number of nitrogens with one attached hydrogen (secondary N) is 1. The number of benzene rings is 2. The topological polar surface area (TPSA) is 49.4 Å². The SMILES string of the molecule is CCCC(=O)N(Cc1ccc(C)cc1)C(Cc1ccccc1)C(=O)NC1CCCC1. The summed E-state index contributed by atoms with van der Waals surface area (Å²) in [6.45, 7) is 4.51. The Morgan fingerprint density at radius 3 is 2.30 bits per heavy atom. The van der Waals surface area contributed by atoms with Crippen molar-refractivity contribution >= 4 is 11.8 Å². The summed E-state index contributed by atoms with van der Waals surface area (Å²) in [4.78, 5) is 28.3. The Bertz CT molecular complexity index is 811. The number of aryl methyl sites for hydroxylation is 1. The number of hydrogen-bond acceptors (Lipinski definition) is 2. The number of amides is 2. The van der Waals surface area contributed by atoms with Crippen LogP contribution in [-0.4, -0.2) is 28.8 Å². The first-order chi connectivity index (χ1) is 14.6. The highest BCUT2D eigenvalue weighted by Crippen LogP contribution is 2.20. The van der Waals surface area contributed by atoms with Gasteiger partial charge in [-0.05, 0) is 37.3 Å². The number of rotatable bonds is 9. The molecule has 2 amide bonds. The van der Waals surface area contributed by atoms with Crippen molar-refractivity contribution in [2.24, 2.45) is 0 Å². The van der Waals surface area contributed by atoms with Crippen molar-refractivity contribution in [3.63, 3.8) is 0 Å². The normalized spacial score (nSPS) is 15.0. The van der Waals surface area contributed by atoms with Gasteiger partial charge in [0.15, 0.2) is 0 Å². The molecule has 3 rings (SSSR count). The molecule has 0 radical (unpaired) electrons. The zero-order valence-electron chi connectivity index (χ0n) is 18.3. The fraction of sp³-hybridized carbons (Fsp3) is 0.462. The van der Waals surface area contributed by atoms with Gasteiger partial charge in [-0.2, -0.15) is 0 Å². The molecule has 160 valence electrons. The van der Waals surface area contributed by atoms with Gasteiger partial charge >= 0.3 is 0 Å². The van der Waals surface area contributed by atoms with Crippen molar-refractivity contribution < 1.29 is 9.59 Å². The molecular formula is C26H34N2O2. The summed E-state index contributed by atoms with van der Waals surface area (Å²) in [6, 6.07) is 18.0. The van der Waals surface area contributed by atoms with Crippen LogP contribution >= 0.6 is 0 Å². The third-order valence-electron chi connectivity index (χ3n) is 5.91. The molecular weight excluding hydrogens is 372 g/mol. The molecule has 1 aliphatic rings. The average molecular weight is 407 g/mol. The fourth-order valence-corrected chi connectivity index (χ4v) is 4.17. The zero-order chi connectivity index (χ0) is 21.3. The van der Waals surface area contributed by atoms with Gasteiger partial charge in [0.2, 0.25) is 11.8 Å². The van der Waals surface area contributed by atoms with Crippen LogP contribution in [0.25, 0.3) is 0 Å². The minimum atomic E-state index is -0.506. The van der Waals surface area contributed by atoms with Crippen LogP contribution in [0, 0.1) is 6.92 Å². The van der Waals surface area contributed by atoms with Crippen molar-refractivity contribution in [3.8, 4) is 0 Å². The molecule has 0 aromatic heterocycles. The van der Waals surface area contributed by atoms with Gasteiger partial charge in [-0.15, -0.1) is 0 Å². The molecule has 4 nitrogen and oxygen atoms in total. The molecule has 0 saturated heterocycles. The number of carbonyl (C=O) groups excluding carboxylic acids is 2. The molecule has 1 aliphatic carbocycles. The minimum Gasteiger partial charge on any atom is -0.352 e. The highest BCUT2D eigenvalue weighted by molar-refractivity contribution is 5.88. The Morgan fingerprint density at radius 1 is 1.00 bits per heavy atom. The molecule has 1 N–H and O–H groups in total. The highest BCUT2D eigenvalue weighted by atomic mass is 16.2. The third kappa shape index (κ3) is 6.19. The van der Waals surface area contributed by atoms with E-state index in [9.17, 15) is 9.59 Å². The standard InChI is InChI=1S/C26H34N2O2/c1-3-9-25(29)28(19-22-16-14-20(2)15-17-22)24(18-21-10-5-4-6-11-21)26(30)27-23-12-7-8-13-23/h4-6,10-11,14-17,23-24H,3,7-9,12-13,18-19H2,1-2H3,(H,27,30). The molecule has 1 fully saturated rings. The van der Waals surface area contributed by atoms with Crippen molar-refractivity contribution in [3.05, 3.63) is 71.3 Å². The maximum absolute atomic E-state index is 13.4. The van der Waals surface area contributed by atoms with Gasteiger partial charge in [0, 0.05) is 25.4 Å². The second-order valence-corrected chi connectivity index (χ2v) is 8.45. The van der Waals surface area contributed by atoms with Gasteiger partial charge in [-0.1, -0.05) is 79.9 Å². The number of carbonyl (C=O) groups is 2. The largest absolute Gasteiger partial charge is 0.352 e. The van der Waals surface area contributed by atoms with Gasteiger partial charge in [-0.3, -0.25) is 9.59 Å². The van der Waals surface area contributed by atoms with Gasteiger partial charge in [0.05, 0.1) is 0 Å². The summed E-state index contributed by atoms with van der Waals surface area (Å²) in [7, 11) is 0. The summed E-state index contributed by atoms with van der Waals surface area (Å²) in [6.07, 6.45) is 6.14. The summed E-state index contributed by atoms with van der Waals surface area (Å²) in [5.41, 5.74) is 3.31. The Hall–Kier alpha value is -2.62. The second-order valence-electron chi connectivity index (χ2n) is 8.45. The lowest BCUT2D eigenvalue weighted by molar-refractivity contribution is -0.141. The maximum Gasteiger partial charge on any atom is 0.243 e. The predicted octanol–water partition coefficient (Wildman–Crippen LogP) is 4.79. The predicted molar refractivity (Wildman–Crippen MR) is 121 cm³/mol. The third-order valence-corrected chi connectivity index (χ3v) is 5.91. The van der Waals surface area contributed by atoms with E-state index in [1.807, 2.05) is 37.3 Å². The Kier molecular flexibility index (Phi) is 8.06.